The van der Waals surface area contributed by atoms with Gasteiger partial charge in [-0.3, -0.25) is 14.8 Å². The first kappa shape index (κ1) is 16.2. The fraction of sp³-hybridized carbons (Fsp3) is 0.333. The molecule has 0 aliphatic rings. The molecule has 20 heavy (non-hydrogen) atoms. The van der Waals surface area contributed by atoms with Gasteiger partial charge >= 0.3 is 0 Å². The first-order valence-electron chi connectivity index (χ1n) is 5.16. The van der Waals surface area contributed by atoms with E-state index >= 15 is 0 Å². The number of hydrogen-bond donors (Lipinski definition) is 2. The minimum Gasteiger partial charge on any atom is -0.505 e. The Kier molecular flexibility index (Phi) is 4.55. The number of sulfone groups is 1. The van der Waals surface area contributed by atoms with Gasteiger partial charge in [0, 0.05) is 12.3 Å². The molecule has 0 fully saturated rings. The molecule has 0 aliphatic heterocycles. The van der Waals surface area contributed by atoms with Crippen molar-refractivity contribution in [3.8, 4) is 5.75 Å². The van der Waals surface area contributed by atoms with Crippen molar-refractivity contribution in [2.24, 2.45) is 0 Å². The van der Waals surface area contributed by atoms with Crippen LogP contribution in [-0.4, -0.2) is 44.6 Å². The Hall–Kier alpha value is -1.88. The lowest BCUT2D eigenvalue weighted by Gasteiger charge is -2.09. The molecule has 0 heterocycles. The predicted octanol–water partition coefficient (Wildman–Crippen LogP) is 0.0867. The lowest BCUT2D eigenvalue weighted by Crippen LogP contribution is -2.22. The van der Waals surface area contributed by atoms with Gasteiger partial charge in [-0.05, 0) is 6.07 Å². The number of phenolic OH excluding ortho intramolecular Hbond substituents is 1. The quantitative estimate of drug-likeness (QED) is 0.428. The fourth-order valence-corrected chi connectivity index (χ4v) is 3.96. The maximum Gasteiger partial charge on any atom is 0.297 e. The van der Waals surface area contributed by atoms with E-state index in [4.69, 9.17) is 0 Å². The third-order valence-corrected chi connectivity index (χ3v) is 4.66. The highest BCUT2D eigenvalue weighted by atomic mass is 32.2. The number of nitrogens with zero attached hydrogens (tertiary/aromatic N) is 1. The molecule has 0 saturated heterocycles. The average molecular weight is 324 g/mol. The molecule has 0 aliphatic carbocycles. The molecule has 0 saturated carbocycles. The summed E-state index contributed by atoms with van der Waals surface area (Å²) in [5, 5.41) is 20.2. The maximum absolute atomic E-state index is 11.7. The maximum atomic E-state index is 11.7. The molecule has 0 radical (unpaired) electrons. The molecule has 112 valence electrons. The Balaban J connectivity index is 3.07. The summed E-state index contributed by atoms with van der Waals surface area (Å²) in [6.45, 7) is 0. The number of anilines is 1. The van der Waals surface area contributed by atoms with Gasteiger partial charge in [-0.2, -0.15) is 0 Å². The number of nitro groups is 1. The fourth-order valence-electron chi connectivity index (χ4n) is 1.25. The molecule has 0 bridgehead atoms. The summed E-state index contributed by atoms with van der Waals surface area (Å²) in [6, 6.07) is 3.26. The Bertz CT molecular complexity index is 725. The number of benzene rings is 1. The number of para-hydroxylation sites is 1. The summed E-state index contributed by atoms with van der Waals surface area (Å²) in [7, 11) is -7.64. The van der Waals surface area contributed by atoms with Gasteiger partial charge in [-0.25, -0.2) is 16.8 Å². The van der Waals surface area contributed by atoms with Gasteiger partial charge in [-0.1, -0.05) is 6.07 Å². The van der Waals surface area contributed by atoms with E-state index in [0.29, 0.717) is 0 Å². The number of rotatable bonds is 6. The Morgan fingerprint density at radius 1 is 1.25 bits per heavy atom. The number of phenols is 1. The summed E-state index contributed by atoms with van der Waals surface area (Å²) in [4.78, 5) is 9.87. The normalized spacial score (nSPS) is 12.1. The van der Waals surface area contributed by atoms with Gasteiger partial charge in [0.2, 0.25) is 10.0 Å². The van der Waals surface area contributed by atoms with Gasteiger partial charge in [0.25, 0.3) is 5.69 Å². The molecule has 2 N–H and O–H groups in total. The van der Waals surface area contributed by atoms with Gasteiger partial charge < -0.3 is 5.11 Å². The SMILES string of the molecule is CS(=O)(=O)CCS(=O)(=O)Nc1c(O)cccc1[N+](=O)[O-]. The average Bonchev–Trinajstić information content (AvgIpc) is 2.28. The second kappa shape index (κ2) is 5.63. The predicted molar refractivity (Wildman–Crippen MR) is 71.9 cm³/mol. The van der Waals surface area contributed by atoms with Crippen molar-refractivity contribution in [2.45, 2.75) is 0 Å². The van der Waals surface area contributed by atoms with Gasteiger partial charge in [0.1, 0.15) is 15.6 Å². The summed E-state index contributed by atoms with van der Waals surface area (Å²) in [6.07, 6.45) is 0.866. The first-order chi connectivity index (χ1) is 9.02. The summed E-state index contributed by atoms with van der Waals surface area (Å²) in [5.41, 5.74) is -1.22. The van der Waals surface area contributed by atoms with Crippen LogP contribution in [0.2, 0.25) is 0 Å². The van der Waals surface area contributed by atoms with Crippen molar-refractivity contribution < 1.29 is 26.9 Å². The van der Waals surface area contributed by atoms with Crippen LogP contribution in [0, 0.1) is 10.1 Å². The Labute approximate surface area is 115 Å². The third kappa shape index (κ3) is 4.66. The number of nitro benzene ring substituents is 1. The number of sulfonamides is 1. The van der Waals surface area contributed by atoms with Crippen molar-refractivity contribution in [3.63, 3.8) is 0 Å². The zero-order valence-electron chi connectivity index (χ0n) is 10.3. The van der Waals surface area contributed by atoms with Crippen molar-refractivity contribution in [1.29, 1.82) is 0 Å². The van der Waals surface area contributed by atoms with E-state index in [2.05, 4.69) is 0 Å². The molecule has 1 rings (SSSR count). The molecule has 11 heteroatoms. The Morgan fingerprint density at radius 2 is 1.85 bits per heavy atom. The minimum absolute atomic E-state index is 0.592. The van der Waals surface area contributed by atoms with Crippen molar-refractivity contribution >= 4 is 31.2 Å². The zero-order valence-corrected chi connectivity index (χ0v) is 11.9. The molecule has 0 aromatic heterocycles. The molecule has 9 nitrogen and oxygen atoms in total. The Morgan fingerprint density at radius 3 is 2.35 bits per heavy atom. The molecule has 0 unspecified atom stereocenters. The molecular formula is C9H12N2O7S2. The van der Waals surface area contributed by atoms with Gasteiger partial charge in [0.15, 0.2) is 5.69 Å². The van der Waals surface area contributed by atoms with Crippen LogP contribution in [0.25, 0.3) is 0 Å². The van der Waals surface area contributed by atoms with E-state index in [1.807, 2.05) is 4.72 Å². The molecule has 0 spiro atoms. The van der Waals surface area contributed by atoms with E-state index in [9.17, 15) is 32.1 Å². The highest BCUT2D eigenvalue weighted by molar-refractivity contribution is 7.95. The van der Waals surface area contributed by atoms with Crippen molar-refractivity contribution in [2.75, 3.05) is 22.5 Å². The standard InChI is InChI=1S/C9H12N2O7S2/c1-19(15,16)5-6-20(17,18)10-9-7(11(13)14)3-2-4-8(9)12/h2-4,10,12H,5-6H2,1H3. The summed E-state index contributed by atoms with van der Waals surface area (Å²) >= 11 is 0. The van der Waals surface area contributed by atoms with E-state index in [0.717, 1.165) is 18.4 Å². The van der Waals surface area contributed by atoms with Crippen LogP contribution < -0.4 is 4.72 Å². The van der Waals surface area contributed by atoms with Gasteiger partial charge in [0.05, 0.1) is 16.4 Å². The van der Waals surface area contributed by atoms with E-state index in [1.54, 1.807) is 0 Å². The van der Waals surface area contributed by atoms with Gasteiger partial charge in [-0.15, -0.1) is 0 Å². The molecule has 0 atom stereocenters. The molecular weight excluding hydrogens is 312 g/mol. The van der Waals surface area contributed by atoms with E-state index < -0.39 is 53.4 Å². The largest absolute Gasteiger partial charge is 0.505 e. The topological polar surface area (TPSA) is 144 Å². The zero-order chi connectivity index (χ0) is 15.6. The first-order valence-corrected chi connectivity index (χ1v) is 8.88. The van der Waals surface area contributed by atoms with Crippen LogP contribution in [0.5, 0.6) is 5.75 Å². The van der Waals surface area contributed by atoms with Crippen molar-refractivity contribution in [3.05, 3.63) is 28.3 Å². The van der Waals surface area contributed by atoms with Crippen LogP contribution in [0.3, 0.4) is 0 Å². The van der Waals surface area contributed by atoms with Crippen LogP contribution in [0.1, 0.15) is 0 Å². The number of nitrogens with one attached hydrogen (secondary N) is 1. The lowest BCUT2D eigenvalue weighted by atomic mass is 10.2. The van der Waals surface area contributed by atoms with E-state index in [-0.39, 0.29) is 0 Å². The number of aromatic hydroxyl groups is 1. The minimum atomic E-state index is -4.14. The van der Waals surface area contributed by atoms with Crippen LogP contribution in [0.15, 0.2) is 18.2 Å². The van der Waals surface area contributed by atoms with E-state index in [1.165, 1.54) is 6.07 Å². The molecule has 1 aromatic rings. The highest BCUT2D eigenvalue weighted by Crippen LogP contribution is 2.33. The monoisotopic (exact) mass is 324 g/mol. The summed E-state index contributed by atoms with van der Waals surface area (Å²) < 4.78 is 47.0. The van der Waals surface area contributed by atoms with Crippen molar-refractivity contribution in [1.82, 2.24) is 0 Å². The lowest BCUT2D eigenvalue weighted by molar-refractivity contribution is -0.383. The van der Waals surface area contributed by atoms with Crippen LogP contribution >= 0.6 is 0 Å². The second-order valence-electron chi connectivity index (χ2n) is 3.98. The van der Waals surface area contributed by atoms with Crippen LogP contribution in [-0.2, 0) is 19.9 Å². The second-order valence-corrected chi connectivity index (χ2v) is 8.08. The molecule has 1 aromatic carbocycles. The van der Waals surface area contributed by atoms with Crippen LogP contribution in [0.4, 0.5) is 11.4 Å². The highest BCUT2D eigenvalue weighted by Gasteiger charge is 2.23. The summed E-state index contributed by atoms with van der Waals surface area (Å²) in [5.74, 6) is -2.02. The number of hydrogen-bond acceptors (Lipinski definition) is 7. The third-order valence-electron chi connectivity index (χ3n) is 2.20. The smallest absolute Gasteiger partial charge is 0.297 e. The molecule has 0 amide bonds.